The number of fused-ring (bicyclic) bond motifs is 5. The lowest BCUT2D eigenvalue weighted by Crippen LogP contribution is -2.04. The van der Waals surface area contributed by atoms with Gasteiger partial charge in [-0.3, -0.25) is 0 Å². The van der Waals surface area contributed by atoms with Gasteiger partial charge in [0.1, 0.15) is 10.8 Å². The Morgan fingerprint density at radius 3 is 2.43 bits per heavy atom. The highest BCUT2D eigenvalue weighted by atomic mass is 32.2. The molecule has 0 atom stereocenters. The fraction of sp³-hybridized carbons (Fsp3) is 0.0870. The van der Waals surface area contributed by atoms with Gasteiger partial charge in [-0.1, -0.05) is 48.2 Å². The molecule has 0 N–H and O–H groups in total. The molecule has 5 rings (SSSR count). The minimum atomic E-state index is -4.42. The normalized spacial score (nSPS) is 12.7. The largest absolute Gasteiger partial charge is 0.416 e. The molecule has 1 aliphatic heterocycles. The van der Waals surface area contributed by atoms with Gasteiger partial charge in [-0.15, -0.1) is 11.3 Å². The first-order valence-electron chi connectivity index (χ1n) is 9.07. The average molecular weight is 443 g/mol. The fourth-order valence-corrected chi connectivity index (χ4v) is 5.68. The third-order valence-corrected chi connectivity index (χ3v) is 7.23. The zero-order chi connectivity index (χ0) is 21.0. The molecule has 4 aromatic rings. The van der Waals surface area contributed by atoms with Gasteiger partial charge in [-0.2, -0.15) is 13.2 Å². The Morgan fingerprint density at radius 2 is 1.67 bits per heavy atom. The number of benzene rings is 3. The van der Waals surface area contributed by atoms with Gasteiger partial charge < -0.3 is 0 Å². The molecule has 7 heteroatoms. The van der Waals surface area contributed by atoms with Crippen LogP contribution in [-0.4, -0.2) is 4.98 Å². The zero-order valence-electron chi connectivity index (χ0n) is 15.5. The first-order chi connectivity index (χ1) is 14.3. The van der Waals surface area contributed by atoms with Gasteiger partial charge in [0, 0.05) is 26.5 Å². The summed E-state index contributed by atoms with van der Waals surface area (Å²) in [5.41, 5.74) is 2.69. The van der Waals surface area contributed by atoms with E-state index in [1.165, 1.54) is 41.3 Å². The molecule has 0 spiro atoms. The second kappa shape index (κ2) is 6.96. The van der Waals surface area contributed by atoms with E-state index >= 15 is 0 Å². The summed E-state index contributed by atoms with van der Waals surface area (Å²) in [6, 6.07) is 16.3. The molecule has 0 bridgehead atoms. The predicted molar refractivity (Wildman–Crippen MR) is 112 cm³/mol. The molecular formula is C23H13F4NS2. The Labute approximate surface area is 178 Å². The number of nitrogens with zero attached hydrogens (tertiary/aromatic N) is 1. The number of hydrogen-bond acceptors (Lipinski definition) is 3. The Hall–Kier alpha value is -2.64. The Morgan fingerprint density at radius 1 is 0.867 bits per heavy atom. The highest BCUT2D eigenvalue weighted by Gasteiger charge is 2.33. The highest BCUT2D eigenvalue weighted by molar-refractivity contribution is 7.99. The maximum absolute atomic E-state index is 14.1. The van der Waals surface area contributed by atoms with Crippen LogP contribution in [0.5, 0.6) is 0 Å². The third-order valence-electron chi connectivity index (χ3n) is 4.96. The lowest BCUT2D eigenvalue weighted by Gasteiger charge is -2.11. The van der Waals surface area contributed by atoms with Crippen molar-refractivity contribution in [2.24, 2.45) is 0 Å². The van der Waals surface area contributed by atoms with Crippen LogP contribution in [0.2, 0.25) is 0 Å². The number of halogens is 4. The van der Waals surface area contributed by atoms with Gasteiger partial charge in [0.2, 0.25) is 0 Å². The molecule has 3 aromatic carbocycles. The number of hydrogen-bond donors (Lipinski definition) is 0. The molecule has 0 saturated heterocycles. The van der Waals surface area contributed by atoms with Gasteiger partial charge in [-0.25, -0.2) is 9.37 Å². The van der Waals surface area contributed by atoms with Crippen molar-refractivity contribution in [3.05, 3.63) is 77.6 Å². The van der Waals surface area contributed by atoms with Crippen LogP contribution in [0.1, 0.15) is 11.1 Å². The summed E-state index contributed by atoms with van der Waals surface area (Å²) in [5, 5.41) is 0.631. The third kappa shape index (κ3) is 3.22. The van der Waals surface area contributed by atoms with E-state index in [2.05, 4.69) is 0 Å². The SMILES string of the molecule is Cc1ccc(-c2nc3c(s2)-c2ccccc2Sc2cc(C(F)(F)F)ccc2-3)cc1F. The summed E-state index contributed by atoms with van der Waals surface area (Å²) < 4.78 is 54.0. The zero-order valence-corrected chi connectivity index (χ0v) is 17.2. The molecule has 2 heterocycles. The number of aromatic nitrogens is 1. The first kappa shape index (κ1) is 19.3. The molecule has 0 radical (unpaired) electrons. The molecule has 0 unspecified atom stereocenters. The fourth-order valence-electron chi connectivity index (χ4n) is 3.38. The molecular weight excluding hydrogens is 430 g/mol. The van der Waals surface area contributed by atoms with E-state index in [0.717, 1.165) is 21.4 Å². The molecule has 0 amide bonds. The van der Waals surface area contributed by atoms with Gasteiger partial charge in [0.05, 0.1) is 16.1 Å². The molecule has 0 fully saturated rings. The topological polar surface area (TPSA) is 12.9 Å². The predicted octanol–water partition coefficient (Wildman–Crippen LogP) is 8.08. The summed E-state index contributed by atoms with van der Waals surface area (Å²) in [6.07, 6.45) is -4.42. The van der Waals surface area contributed by atoms with Crippen LogP contribution in [0.4, 0.5) is 17.6 Å². The molecule has 1 aliphatic rings. The smallest absolute Gasteiger partial charge is 0.235 e. The van der Waals surface area contributed by atoms with Crippen molar-refractivity contribution in [1.82, 2.24) is 4.98 Å². The van der Waals surface area contributed by atoms with E-state index in [1.807, 2.05) is 30.3 Å². The number of aryl methyl sites for hydroxylation is 1. The minimum absolute atomic E-state index is 0.316. The van der Waals surface area contributed by atoms with Crippen molar-refractivity contribution >= 4 is 23.1 Å². The van der Waals surface area contributed by atoms with E-state index in [0.29, 0.717) is 32.3 Å². The molecule has 0 saturated carbocycles. The molecule has 30 heavy (non-hydrogen) atoms. The van der Waals surface area contributed by atoms with Gasteiger partial charge >= 0.3 is 6.18 Å². The van der Waals surface area contributed by atoms with Crippen LogP contribution < -0.4 is 0 Å². The highest BCUT2D eigenvalue weighted by Crippen LogP contribution is 2.51. The Kier molecular flexibility index (Phi) is 4.48. The lowest BCUT2D eigenvalue weighted by molar-refractivity contribution is -0.137. The van der Waals surface area contributed by atoms with Crippen molar-refractivity contribution in [2.75, 3.05) is 0 Å². The van der Waals surface area contributed by atoms with Crippen LogP contribution in [0.3, 0.4) is 0 Å². The van der Waals surface area contributed by atoms with Crippen LogP contribution in [0.25, 0.3) is 32.3 Å². The Bertz CT molecular complexity index is 1290. The van der Waals surface area contributed by atoms with Crippen molar-refractivity contribution in [1.29, 1.82) is 0 Å². The lowest BCUT2D eigenvalue weighted by atomic mass is 10.0. The quantitative estimate of drug-likeness (QED) is 0.243. The number of alkyl halides is 3. The van der Waals surface area contributed by atoms with Crippen molar-refractivity contribution < 1.29 is 17.6 Å². The van der Waals surface area contributed by atoms with Crippen molar-refractivity contribution in [3.63, 3.8) is 0 Å². The van der Waals surface area contributed by atoms with Gasteiger partial charge in [0.15, 0.2) is 0 Å². The van der Waals surface area contributed by atoms with E-state index in [9.17, 15) is 17.6 Å². The van der Waals surface area contributed by atoms with Crippen molar-refractivity contribution in [2.45, 2.75) is 22.9 Å². The van der Waals surface area contributed by atoms with E-state index in [-0.39, 0.29) is 5.82 Å². The second-order valence-corrected chi connectivity index (χ2v) is 9.05. The minimum Gasteiger partial charge on any atom is -0.235 e. The van der Waals surface area contributed by atoms with E-state index in [4.69, 9.17) is 4.98 Å². The van der Waals surface area contributed by atoms with Crippen LogP contribution in [-0.2, 0) is 6.18 Å². The second-order valence-electron chi connectivity index (χ2n) is 6.97. The molecule has 1 aromatic heterocycles. The number of rotatable bonds is 1. The van der Waals surface area contributed by atoms with Crippen LogP contribution in [0.15, 0.2) is 70.5 Å². The van der Waals surface area contributed by atoms with Gasteiger partial charge in [0.25, 0.3) is 0 Å². The average Bonchev–Trinajstić information content (AvgIpc) is 3.10. The van der Waals surface area contributed by atoms with E-state index in [1.54, 1.807) is 13.0 Å². The van der Waals surface area contributed by atoms with Crippen LogP contribution in [0, 0.1) is 12.7 Å². The maximum atomic E-state index is 14.1. The summed E-state index contributed by atoms with van der Waals surface area (Å²) in [7, 11) is 0. The summed E-state index contributed by atoms with van der Waals surface area (Å²) in [4.78, 5) is 6.98. The molecule has 1 nitrogen and oxygen atoms in total. The summed E-state index contributed by atoms with van der Waals surface area (Å²) in [6.45, 7) is 1.69. The summed E-state index contributed by atoms with van der Waals surface area (Å²) in [5.74, 6) is -0.316. The molecule has 0 aliphatic carbocycles. The monoisotopic (exact) mass is 443 g/mol. The maximum Gasteiger partial charge on any atom is 0.416 e. The van der Waals surface area contributed by atoms with E-state index < -0.39 is 11.7 Å². The first-order valence-corrected chi connectivity index (χ1v) is 10.7. The standard InChI is InChI=1S/C23H13F4NS2/c1-12-6-7-13(10-17(12)24)22-28-20-15-9-8-14(23(25,26)27)11-19(15)29-18-5-3-2-4-16(18)21(20)30-22/h2-11H,1H3. The van der Waals surface area contributed by atoms with Crippen LogP contribution >= 0.6 is 23.1 Å². The summed E-state index contributed by atoms with van der Waals surface area (Å²) >= 11 is 2.73. The number of thiazole rings is 1. The van der Waals surface area contributed by atoms with Gasteiger partial charge in [-0.05, 0) is 36.8 Å². The molecule has 150 valence electrons. The Balaban J connectivity index is 1.75. The van der Waals surface area contributed by atoms with Crippen molar-refractivity contribution in [3.8, 4) is 32.3 Å².